The highest BCUT2D eigenvalue weighted by atomic mass is 16.5. The second kappa shape index (κ2) is 6.30. The maximum atomic E-state index is 12.8. The number of likely N-dealkylation sites (N-methyl/N-ethyl adjacent to an activating group) is 1. The smallest absolute Gasteiger partial charge is 0.241 e. The fourth-order valence-electron chi connectivity index (χ4n) is 4.17. The second-order valence-corrected chi connectivity index (χ2v) is 7.06. The van der Waals surface area contributed by atoms with Gasteiger partial charge < -0.3 is 14.7 Å². The Hall–Kier alpha value is -2.57. The van der Waals surface area contributed by atoms with Gasteiger partial charge in [0.1, 0.15) is 6.04 Å². The highest BCUT2D eigenvalue weighted by Gasteiger charge is 2.54. The van der Waals surface area contributed by atoms with E-state index in [0.717, 1.165) is 11.1 Å². The number of hydrazine groups is 1. The molecular weight excluding hydrogens is 330 g/mol. The zero-order valence-corrected chi connectivity index (χ0v) is 15.1. The molecule has 2 aliphatic rings. The van der Waals surface area contributed by atoms with E-state index >= 15 is 0 Å². The second-order valence-electron chi connectivity index (χ2n) is 7.06. The maximum absolute atomic E-state index is 12.8. The summed E-state index contributed by atoms with van der Waals surface area (Å²) in [4.78, 5) is 14.6. The molecule has 4 atom stereocenters. The van der Waals surface area contributed by atoms with Crippen molar-refractivity contribution in [3.63, 3.8) is 0 Å². The van der Waals surface area contributed by atoms with Crippen LogP contribution >= 0.6 is 0 Å². The Morgan fingerprint density at radius 1 is 1.04 bits per heavy atom. The molecule has 2 aromatic carbocycles. The zero-order chi connectivity index (χ0) is 18.4. The molecule has 0 spiro atoms. The van der Waals surface area contributed by atoms with Crippen molar-refractivity contribution >= 4 is 5.91 Å². The fourth-order valence-corrected chi connectivity index (χ4v) is 4.17. The predicted molar refractivity (Wildman–Crippen MR) is 97.6 cm³/mol. The van der Waals surface area contributed by atoms with E-state index < -0.39 is 0 Å². The van der Waals surface area contributed by atoms with Crippen LogP contribution in [-0.2, 0) is 4.79 Å². The van der Waals surface area contributed by atoms with E-state index in [1.165, 1.54) is 12.7 Å². The van der Waals surface area contributed by atoms with Gasteiger partial charge in [0.15, 0.2) is 11.5 Å². The molecule has 2 fully saturated rings. The first-order valence-electron chi connectivity index (χ1n) is 8.72. The topological polar surface area (TPSA) is 73.8 Å². The molecule has 2 aromatic rings. The number of phenolic OH excluding ortho intramolecular Hbond substituents is 1. The third-order valence-electron chi connectivity index (χ3n) is 5.54. The normalized spacial score (nSPS) is 27.7. The van der Waals surface area contributed by atoms with Gasteiger partial charge in [-0.05, 0) is 30.2 Å². The molecular formula is C20H23N3O3. The van der Waals surface area contributed by atoms with Gasteiger partial charge in [0, 0.05) is 13.0 Å². The molecule has 4 unspecified atom stereocenters. The van der Waals surface area contributed by atoms with Gasteiger partial charge in [0.2, 0.25) is 5.91 Å². The lowest BCUT2D eigenvalue weighted by atomic mass is 9.83. The van der Waals surface area contributed by atoms with Crippen LogP contribution < -0.4 is 15.6 Å². The monoisotopic (exact) mass is 353 g/mol. The molecule has 0 aromatic heterocycles. The minimum atomic E-state index is -0.281. The average molecular weight is 353 g/mol. The number of aryl methyl sites for hydroxylation is 1. The summed E-state index contributed by atoms with van der Waals surface area (Å²) in [6.07, 6.45) is 0. The van der Waals surface area contributed by atoms with Crippen molar-refractivity contribution in [2.75, 3.05) is 14.2 Å². The number of ether oxygens (including phenoxy) is 1. The summed E-state index contributed by atoms with van der Waals surface area (Å²) in [5, 5.41) is 9.91. The van der Waals surface area contributed by atoms with Crippen molar-refractivity contribution in [2.24, 2.45) is 5.92 Å². The van der Waals surface area contributed by atoms with E-state index in [4.69, 9.17) is 4.74 Å². The van der Waals surface area contributed by atoms with Crippen LogP contribution in [0.2, 0.25) is 0 Å². The Labute approximate surface area is 152 Å². The lowest BCUT2D eigenvalue weighted by Crippen LogP contribution is -2.39. The highest BCUT2D eigenvalue weighted by molar-refractivity contribution is 5.86. The number of aromatic hydroxyl groups is 1. The Kier molecular flexibility index (Phi) is 4.09. The third-order valence-corrected chi connectivity index (χ3v) is 5.54. The lowest BCUT2D eigenvalue weighted by Gasteiger charge is -2.29. The molecule has 136 valence electrons. The highest BCUT2D eigenvalue weighted by Crippen LogP contribution is 2.47. The molecule has 2 saturated heterocycles. The summed E-state index contributed by atoms with van der Waals surface area (Å²) in [6, 6.07) is 13.3. The number of hydrogen-bond donors (Lipinski definition) is 3. The van der Waals surface area contributed by atoms with Crippen LogP contribution in [0.4, 0.5) is 0 Å². The number of likely N-dealkylation sites (tertiary alicyclic amines) is 1. The fraction of sp³-hybridized carbons (Fsp3) is 0.350. The summed E-state index contributed by atoms with van der Waals surface area (Å²) in [5.74, 6) is 0.605. The number of benzene rings is 2. The van der Waals surface area contributed by atoms with Crippen LogP contribution in [0.5, 0.6) is 11.5 Å². The first-order valence-corrected chi connectivity index (χ1v) is 8.72. The molecule has 0 saturated carbocycles. The van der Waals surface area contributed by atoms with Crippen LogP contribution in [-0.4, -0.2) is 36.1 Å². The molecule has 0 bridgehead atoms. The Morgan fingerprint density at radius 2 is 1.69 bits per heavy atom. The van der Waals surface area contributed by atoms with Crippen molar-refractivity contribution in [2.45, 2.75) is 25.0 Å². The zero-order valence-electron chi connectivity index (χ0n) is 15.1. The van der Waals surface area contributed by atoms with Crippen molar-refractivity contribution in [1.82, 2.24) is 15.8 Å². The summed E-state index contributed by atoms with van der Waals surface area (Å²) in [7, 11) is 3.36. The number of carbonyl (C=O) groups is 1. The quantitative estimate of drug-likeness (QED) is 0.788. The number of carbonyl (C=O) groups excluding carboxylic acids is 1. The van der Waals surface area contributed by atoms with Crippen molar-refractivity contribution in [3.05, 3.63) is 59.2 Å². The van der Waals surface area contributed by atoms with E-state index in [0.29, 0.717) is 5.75 Å². The number of nitrogens with one attached hydrogen (secondary N) is 2. The minimum Gasteiger partial charge on any atom is -0.504 e. The van der Waals surface area contributed by atoms with Crippen molar-refractivity contribution < 1.29 is 14.6 Å². The molecule has 0 aliphatic carbocycles. The van der Waals surface area contributed by atoms with E-state index in [9.17, 15) is 9.90 Å². The maximum Gasteiger partial charge on any atom is 0.241 e. The van der Waals surface area contributed by atoms with Gasteiger partial charge in [-0.25, -0.2) is 10.9 Å². The molecule has 2 aliphatic heterocycles. The molecule has 0 radical (unpaired) electrons. The van der Waals surface area contributed by atoms with Crippen LogP contribution in [0.3, 0.4) is 0 Å². The first kappa shape index (κ1) is 16.9. The van der Waals surface area contributed by atoms with Crippen LogP contribution in [0.25, 0.3) is 0 Å². The molecule has 3 N–H and O–H groups in total. The number of amides is 1. The molecule has 6 heteroatoms. The van der Waals surface area contributed by atoms with Crippen molar-refractivity contribution in [1.29, 1.82) is 0 Å². The molecule has 1 amide bonds. The number of methoxy groups -OCH3 is 1. The van der Waals surface area contributed by atoms with Gasteiger partial charge in [-0.3, -0.25) is 4.79 Å². The van der Waals surface area contributed by atoms with Crippen LogP contribution in [0.1, 0.15) is 28.8 Å². The number of nitrogens with zero attached hydrogens (tertiary/aromatic N) is 1. The summed E-state index contributed by atoms with van der Waals surface area (Å²) in [6.45, 7) is 2.06. The largest absolute Gasteiger partial charge is 0.504 e. The van der Waals surface area contributed by atoms with Gasteiger partial charge in [0.05, 0.1) is 19.2 Å². The molecule has 6 nitrogen and oxygen atoms in total. The predicted octanol–water partition coefficient (Wildman–Crippen LogP) is 2.06. The molecule has 2 heterocycles. The van der Waals surface area contributed by atoms with Gasteiger partial charge in [-0.2, -0.15) is 0 Å². The number of hydrogen-bond acceptors (Lipinski definition) is 5. The SMILES string of the molecule is COc1cc(C2C3C(NNC3c3ccc(C)cc3)C(=O)N2C)ccc1O. The Morgan fingerprint density at radius 3 is 2.38 bits per heavy atom. The minimum absolute atomic E-state index is 0.0132. The first-order chi connectivity index (χ1) is 12.5. The summed E-state index contributed by atoms with van der Waals surface area (Å²) >= 11 is 0. The Bertz CT molecular complexity index is 837. The number of fused-ring (bicyclic) bond motifs is 1. The summed E-state index contributed by atoms with van der Waals surface area (Å²) in [5.41, 5.74) is 9.79. The van der Waals surface area contributed by atoms with E-state index in [2.05, 4.69) is 42.0 Å². The Balaban J connectivity index is 1.75. The lowest BCUT2D eigenvalue weighted by molar-refractivity contribution is -0.129. The van der Waals surface area contributed by atoms with Crippen LogP contribution in [0, 0.1) is 12.8 Å². The third kappa shape index (κ3) is 2.53. The van der Waals surface area contributed by atoms with E-state index in [1.54, 1.807) is 11.0 Å². The summed E-state index contributed by atoms with van der Waals surface area (Å²) < 4.78 is 5.26. The molecule has 26 heavy (non-hydrogen) atoms. The van der Waals surface area contributed by atoms with Gasteiger partial charge >= 0.3 is 0 Å². The van der Waals surface area contributed by atoms with Crippen LogP contribution in [0.15, 0.2) is 42.5 Å². The number of rotatable bonds is 3. The number of phenols is 1. The van der Waals surface area contributed by atoms with Crippen molar-refractivity contribution in [3.8, 4) is 11.5 Å². The molecule has 4 rings (SSSR count). The van der Waals surface area contributed by atoms with Gasteiger partial charge in [-0.1, -0.05) is 35.9 Å². The van der Waals surface area contributed by atoms with E-state index in [-0.39, 0.29) is 35.7 Å². The average Bonchev–Trinajstić information content (AvgIpc) is 3.17. The standard InChI is InChI=1S/C20H23N3O3/c1-11-4-6-12(7-5-11)17-16-18(22-21-17)20(25)23(2)19(16)13-8-9-14(24)15(10-13)26-3/h4-10,16-19,21-22,24H,1-3H3. The van der Waals surface area contributed by atoms with E-state index in [1.807, 2.05) is 19.2 Å². The van der Waals surface area contributed by atoms with Gasteiger partial charge in [-0.15, -0.1) is 0 Å². The van der Waals surface area contributed by atoms with Gasteiger partial charge in [0.25, 0.3) is 0 Å².